The molecule has 1 amide bonds. The maximum atomic E-state index is 12.2. The van der Waals surface area contributed by atoms with Gasteiger partial charge in [-0.2, -0.15) is 0 Å². The number of nitrogens with zero attached hydrogens (tertiary/aromatic N) is 1. The number of hydrogen-bond acceptors (Lipinski definition) is 3. The minimum absolute atomic E-state index is 0.00380. The van der Waals surface area contributed by atoms with Crippen LogP contribution >= 0.6 is 0 Å². The number of carbonyl (C=O) groups is 1. The number of para-hydroxylation sites is 1. The first kappa shape index (κ1) is 15.9. The third-order valence-electron chi connectivity index (χ3n) is 3.49. The van der Waals surface area contributed by atoms with E-state index in [1.807, 2.05) is 31.2 Å². The highest BCUT2D eigenvalue weighted by atomic mass is 16.5. The Labute approximate surface area is 131 Å². The number of amides is 1. The zero-order valence-electron chi connectivity index (χ0n) is 13.1. The number of rotatable bonds is 6. The molecule has 0 radical (unpaired) electrons. The van der Waals surface area contributed by atoms with E-state index in [9.17, 15) is 4.79 Å². The largest absolute Gasteiger partial charge is 0.493 e. The van der Waals surface area contributed by atoms with Crippen LogP contribution in [0, 0.1) is 6.92 Å². The lowest BCUT2D eigenvalue weighted by Gasteiger charge is -2.17. The fourth-order valence-electron chi connectivity index (χ4n) is 2.15. The van der Waals surface area contributed by atoms with Crippen LogP contribution in [0.2, 0.25) is 0 Å². The Morgan fingerprint density at radius 1 is 1.14 bits per heavy atom. The van der Waals surface area contributed by atoms with E-state index in [-0.39, 0.29) is 5.91 Å². The van der Waals surface area contributed by atoms with Crippen LogP contribution in [0.1, 0.15) is 22.3 Å². The molecule has 0 atom stereocenters. The van der Waals surface area contributed by atoms with Crippen LogP contribution in [-0.2, 0) is 0 Å². The molecular weight excluding hydrogens is 276 g/mol. The van der Waals surface area contributed by atoms with Crippen LogP contribution in [0.25, 0.3) is 0 Å². The van der Waals surface area contributed by atoms with Crippen LogP contribution < -0.4 is 10.5 Å². The average molecular weight is 298 g/mol. The maximum Gasteiger partial charge on any atom is 0.253 e. The fraction of sp³-hybridized carbons (Fsp3) is 0.278. The van der Waals surface area contributed by atoms with Gasteiger partial charge in [-0.1, -0.05) is 18.2 Å². The van der Waals surface area contributed by atoms with Gasteiger partial charge in [0.15, 0.2) is 0 Å². The molecule has 2 N–H and O–H groups in total. The third-order valence-corrected chi connectivity index (χ3v) is 3.49. The Kier molecular flexibility index (Phi) is 5.42. The van der Waals surface area contributed by atoms with Gasteiger partial charge in [-0.15, -0.1) is 0 Å². The molecule has 0 aliphatic heterocycles. The van der Waals surface area contributed by atoms with E-state index in [1.165, 1.54) is 0 Å². The van der Waals surface area contributed by atoms with Crippen LogP contribution in [0.5, 0.6) is 5.75 Å². The lowest BCUT2D eigenvalue weighted by molar-refractivity contribution is 0.0788. The number of nitrogens with two attached hydrogens (primary N) is 1. The number of aryl methyl sites for hydroxylation is 1. The second kappa shape index (κ2) is 7.50. The van der Waals surface area contributed by atoms with Crippen molar-refractivity contribution >= 4 is 11.6 Å². The summed E-state index contributed by atoms with van der Waals surface area (Å²) in [6.07, 6.45) is 0.783. The zero-order valence-corrected chi connectivity index (χ0v) is 13.1. The molecule has 116 valence electrons. The van der Waals surface area contributed by atoms with E-state index >= 15 is 0 Å². The highest BCUT2D eigenvalue weighted by molar-refractivity contribution is 5.94. The molecule has 0 spiro atoms. The summed E-state index contributed by atoms with van der Waals surface area (Å²) in [5.41, 5.74) is 8.05. The summed E-state index contributed by atoms with van der Waals surface area (Å²) in [4.78, 5) is 13.9. The van der Waals surface area contributed by atoms with Gasteiger partial charge < -0.3 is 15.4 Å². The molecule has 0 saturated carbocycles. The molecule has 2 rings (SSSR count). The molecule has 2 aromatic carbocycles. The molecule has 0 bridgehead atoms. The van der Waals surface area contributed by atoms with Crippen LogP contribution in [0.3, 0.4) is 0 Å². The van der Waals surface area contributed by atoms with Gasteiger partial charge in [0, 0.05) is 24.8 Å². The second-order valence-electron chi connectivity index (χ2n) is 5.32. The van der Waals surface area contributed by atoms with Crippen LogP contribution in [0.4, 0.5) is 5.69 Å². The number of ether oxygens (including phenoxy) is 1. The first-order valence-corrected chi connectivity index (χ1v) is 7.37. The molecule has 2 aromatic rings. The van der Waals surface area contributed by atoms with E-state index in [0.717, 1.165) is 17.7 Å². The molecular formula is C18H22N2O2. The number of carbonyl (C=O) groups excluding carboxylic acids is 1. The first-order chi connectivity index (χ1) is 10.6. The Morgan fingerprint density at radius 3 is 2.50 bits per heavy atom. The average Bonchev–Trinajstić information content (AvgIpc) is 2.53. The molecule has 4 nitrogen and oxygen atoms in total. The van der Waals surface area contributed by atoms with Gasteiger partial charge in [0.05, 0.1) is 6.61 Å². The van der Waals surface area contributed by atoms with Crippen molar-refractivity contribution < 1.29 is 9.53 Å². The Morgan fingerprint density at radius 2 is 1.82 bits per heavy atom. The van der Waals surface area contributed by atoms with Gasteiger partial charge in [-0.3, -0.25) is 4.79 Å². The summed E-state index contributed by atoms with van der Waals surface area (Å²) in [5.74, 6) is 0.894. The second-order valence-corrected chi connectivity index (χ2v) is 5.32. The van der Waals surface area contributed by atoms with E-state index in [1.54, 1.807) is 36.2 Å². The van der Waals surface area contributed by atoms with Gasteiger partial charge in [0.1, 0.15) is 5.75 Å². The lowest BCUT2D eigenvalue weighted by Crippen LogP contribution is -2.28. The van der Waals surface area contributed by atoms with Gasteiger partial charge in [0.25, 0.3) is 5.91 Å². The standard InChI is InChI=1S/C18H22N2O2/c1-14-6-3-4-7-17(14)22-13-5-12-20(2)18(21)15-8-10-16(19)11-9-15/h3-4,6-11H,5,12-13,19H2,1-2H3. The fourth-order valence-corrected chi connectivity index (χ4v) is 2.15. The molecule has 4 heteroatoms. The summed E-state index contributed by atoms with van der Waals surface area (Å²) in [5, 5.41) is 0. The van der Waals surface area contributed by atoms with Crippen molar-refractivity contribution in [1.82, 2.24) is 4.90 Å². The van der Waals surface area contributed by atoms with E-state index in [2.05, 4.69) is 0 Å². The zero-order chi connectivity index (χ0) is 15.9. The van der Waals surface area contributed by atoms with Crippen LogP contribution in [0.15, 0.2) is 48.5 Å². The Bertz CT molecular complexity index is 623. The third kappa shape index (κ3) is 4.25. The normalized spacial score (nSPS) is 10.3. The predicted molar refractivity (Wildman–Crippen MR) is 89.1 cm³/mol. The van der Waals surface area contributed by atoms with Crippen molar-refractivity contribution in [3.05, 3.63) is 59.7 Å². The number of benzene rings is 2. The topological polar surface area (TPSA) is 55.6 Å². The van der Waals surface area contributed by atoms with Crippen molar-refractivity contribution in [3.8, 4) is 5.75 Å². The predicted octanol–water partition coefficient (Wildman–Crippen LogP) is 3.12. The minimum Gasteiger partial charge on any atom is -0.493 e. The molecule has 0 saturated heterocycles. The quantitative estimate of drug-likeness (QED) is 0.658. The molecule has 0 heterocycles. The van der Waals surface area contributed by atoms with E-state index in [0.29, 0.717) is 24.4 Å². The highest BCUT2D eigenvalue weighted by Crippen LogP contribution is 2.16. The number of anilines is 1. The number of hydrogen-bond donors (Lipinski definition) is 1. The summed E-state index contributed by atoms with van der Waals surface area (Å²) < 4.78 is 5.73. The highest BCUT2D eigenvalue weighted by Gasteiger charge is 2.11. The maximum absolute atomic E-state index is 12.2. The molecule has 0 aliphatic rings. The van der Waals surface area contributed by atoms with E-state index < -0.39 is 0 Å². The molecule has 0 aromatic heterocycles. The van der Waals surface area contributed by atoms with Gasteiger partial charge in [-0.25, -0.2) is 0 Å². The SMILES string of the molecule is Cc1ccccc1OCCCN(C)C(=O)c1ccc(N)cc1. The van der Waals surface area contributed by atoms with Crippen molar-refractivity contribution in [1.29, 1.82) is 0 Å². The van der Waals surface area contributed by atoms with Gasteiger partial charge in [0.2, 0.25) is 0 Å². The van der Waals surface area contributed by atoms with Gasteiger partial charge in [-0.05, 0) is 49.2 Å². The lowest BCUT2D eigenvalue weighted by atomic mass is 10.2. The Hall–Kier alpha value is -2.49. The minimum atomic E-state index is -0.00380. The van der Waals surface area contributed by atoms with Crippen LogP contribution in [-0.4, -0.2) is 31.0 Å². The molecule has 0 fully saturated rings. The first-order valence-electron chi connectivity index (χ1n) is 7.37. The number of nitrogen functional groups attached to an aromatic ring is 1. The van der Waals surface area contributed by atoms with Crippen molar-refractivity contribution in [2.24, 2.45) is 0 Å². The van der Waals surface area contributed by atoms with Crippen molar-refractivity contribution in [3.63, 3.8) is 0 Å². The van der Waals surface area contributed by atoms with Gasteiger partial charge >= 0.3 is 0 Å². The van der Waals surface area contributed by atoms with Crippen molar-refractivity contribution in [2.45, 2.75) is 13.3 Å². The Balaban J connectivity index is 1.78. The summed E-state index contributed by atoms with van der Waals surface area (Å²) in [6, 6.07) is 14.9. The van der Waals surface area contributed by atoms with Crippen molar-refractivity contribution in [2.75, 3.05) is 25.9 Å². The van der Waals surface area contributed by atoms with E-state index in [4.69, 9.17) is 10.5 Å². The monoisotopic (exact) mass is 298 g/mol. The molecule has 0 aliphatic carbocycles. The molecule has 0 unspecified atom stereocenters. The summed E-state index contributed by atoms with van der Waals surface area (Å²) in [7, 11) is 1.80. The smallest absolute Gasteiger partial charge is 0.253 e. The summed E-state index contributed by atoms with van der Waals surface area (Å²) >= 11 is 0. The molecule has 22 heavy (non-hydrogen) atoms. The summed E-state index contributed by atoms with van der Waals surface area (Å²) in [6.45, 7) is 3.26.